The lowest BCUT2D eigenvalue weighted by atomic mass is 9.63. The fourth-order valence-corrected chi connectivity index (χ4v) is 5.53. The summed E-state index contributed by atoms with van der Waals surface area (Å²) in [5, 5.41) is 0. The zero-order valence-electron chi connectivity index (χ0n) is 11.5. The van der Waals surface area contributed by atoms with Crippen LogP contribution in [0.3, 0.4) is 0 Å². The van der Waals surface area contributed by atoms with E-state index in [0.717, 1.165) is 16.7 Å². The first kappa shape index (κ1) is 13.9. The van der Waals surface area contributed by atoms with Gasteiger partial charge in [0.15, 0.2) is 0 Å². The van der Waals surface area contributed by atoms with Crippen molar-refractivity contribution in [2.45, 2.75) is 63.3 Å². The molecular weight excluding hydrogens is 274 g/mol. The van der Waals surface area contributed by atoms with Crippen molar-refractivity contribution in [2.24, 2.45) is 17.6 Å². The van der Waals surface area contributed by atoms with Gasteiger partial charge in [-0.05, 0) is 36.8 Å². The Morgan fingerprint density at radius 3 is 2.47 bits per heavy atom. The molecule has 3 rings (SSSR count). The third-order valence-corrected chi connectivity index (χ3v) is 6.69. The summed E-state index contributed by atoms with van der Waals surface area (Å²) in [5.41, 5.74) is 6.82. The summed E-state index contributed by atoms with van der Waals surface area (Å²) in [6.07, 6.45) is 12.1. The van der Waals surface area contributed by atoms with E-state index in [9.17, 15) is 0 Å². The third kappa shape index (κ3) is 2.72. The van der Waals surface area contributed by atoms with Gasteiger partial charge in [-0.25, -0.2) is 0 Å². The minimum Gasteiger partial charge on any atom is -0.320 e. The highest BCUT2D eigenvalue weighted by atomic mass is 35.5. The molecule has 2 unspecified atom stereocenters. The van der Waals surface area contributed by atoms with Crippen LogP contribution in [0.15, 0.2) is 12.1 Å². The molecule has 2 aliphatic rings. The van der Waals surface area contributed by atoms with E-state index >= 15 is 0 Å². The van der Waals surface area contributed by atoms with Crippen LogP contribution in [0.4, 0.5) is 0 Å². The Labute approximate surface area is 125 Å². The average Bonchev–Trinajstić information content (AvgIpc) is 2.88. The molecule has 19 heavy (non-hydrogen) atoms. The van der Waals surface area contributed by atoms with Crippen molar-refractivity contribution in [3.63, 3.8) is 0 Å². The van der Waals surface area contributed by atoms with Gasteiger partial charge in [-0.15, -0.1) is 11.3 Å². The first-order chi connectivity index (χ1) is 9.20. The van der Waals surface area contributed by atoms with Crippen LogP contribution in [0.5, 0.6) is 0 Å². The van der Waals surface area contributed by atoms with Gasteiger partial charge < -0.3 is 5.73 Å². The number of thiophene rings is 1. The highest BCUT2D eigenvalue weighted by Crippen LogP contribution is 2.49. The molecule has 2 fully saturated rings. The Bertz CT molecular complexity index is 424. The van der Waals surface area contributed by atoms with Gasteiger partial charge in [-0.3, -0.25) is 0 Å². The summed E-state index contributed by atoms with van der Waals surface area (Å²) in [5.74, 6) is 1.52. The molecule has 0 bridgehead atoms. The maximum absolute atomic E-state index is 6.92. The molecule has 1 aromatic rings. The molecule has 0 aromatic carbocycles. The van der Waals surface area contributed by atoms with E-state index in [4.69, 9.17) is 17.3 Å². The molecule has 1 nitrogen and oxygen atoms in total. The van der Waals surface area contributed by atoms with Crippen molar-refractivity contribution in [2.75, 3.05) is 0 Å². The second kappa shape index (κ2) is 5.75. The molecule has 106 valence electrons. The standard InChI is InChI=1S/C16H24ClNS/c17-15-10-9-14(19-15)16(18)11-5-4-8-13(16)12-6-2-1-3-7-12/h9-10,12-13H,1-8,11,18H2. The van der Waals surface area contributed by atoms with Crippen LogP contribution in [0.2, 0.25) is 4.34 Å². The van der Waals surface area contributed by atoms with Gasteiger partial charge in [0.1, 0.15) is 0 Å². The summed E-state index contributed by atoms with van der Waals surface area (Å²) in [6, 6.07) is 4.19. The first-order valence-corrected chi connectivity index (χ1v) is 8.94. The van der Waals surface area contributed by atoms with Crippen molar-refractivity contribution >= 4 is 22.9 Å². The van der Waals surface area contributed by atoms with Crippen molar-refractivity contribution in [1.82, 2.24) is 0 Å². The van der Waals surface area contributed by atoms with Crippen molar-refractivity contribution in [3.8, 4) is 0 Å². The molecule has 2 atom stereocenters. The Balaban J connectivity index is 1.86. The predicted molar refractivity (Wildman–Crippen MR) is 83.7 cm³/mol. The predicted octanol–water partition coefficient (Wildman–Crippen LogP) is 5.33. The molecule has 0 amide bonds. The maximum atomic E-state index is 6.92. The van der Waals surface area contributed by atoms with E-state index in [1.165, 1.54) is 56.2 Å². The van der Waals surface area contributed by atoms with Crippen molar-refractivity contribution in [3.05, 3.63) is 21.3 Å². The Morgan fingerprint density at radius 2 is 1.79 bits per heavy atom. The van der Waals surface area contributed by atoms with Crippen molar-refractivity contribution in [1.29, 1.82) is 0 Å². The summed E-state index contributed by atoms with van der Waals surface area (Å²) >= 11 is 7.84. The number of halogens is 1. The molecular formula is C16H24ClNS. The quantitative estimate of drug-likeness (QED) is 0.785. The van der Waals surface area contributed by atoms with Gasteiger partial charge in [0.05, 0.1) is 9.88 Å². The minimum atomic E-state index is -0.0991. The highest BCUT2D eigenvalue weighted by molar-refractivity contribution is 7.16. The topological polar surface area (TPSA) is 26.0 Å². The van der Waals surface area contributed by atoms with Crippen LogP contribution in [-0.2, 0) is 5.54 Å². The van der Waals surface area contributed by atoms with E-state index < -0.39 is 0 Å². The van der Waals surface area contributed by atoms with E-state index in [0.29, 0.717) is 5.92 Å². The summed E-state index contributed by atoms with van der Waals surface area (Å²) in [4.78, 5) is 1.33. The third-order valence-electron chi connectivity index (χ3n) is 5.27. The first-order valence-electron chi connectivity index (χ1n) is 7.75. The number of hydrogen-bond donors (Lipinski definition) is 1. The smallest absolute Gasteiger partial charge is 0.0931 e. The van der Waals surface area contributed by atoms with Crippen LogP contribution >= 0.6 is 22.9 Å². The Morgan fingerprint density at radius 1 is 1.05 bits per heavy atom. The molecule has 2 N–H and O–H groups in total. The molecule has 0 aliphatic heterocycles. The fraction of sp³-hybridized carbons (Fsp3) is 0.750. The second-order valence-electron chi connectivity index (χ2n) is 6.39. The number of hydrogen-bond acceptors (Lipinski definition) is 2. The van der Waals surface area contributed by atoms with Gasteiger partial charge in [-0.2, -0.15) is 0 Å². The minimum absolute atomic E-state index is 0.0991. The second-order valence-corrected chi connectivity index (χ2v) is 8.11. The van der Waals surface area contributed by atoms with E-state index in [-0.39, 0.29) is 5.54 Å². The SMILES string of the molecule is NC1(c2ccc(Cl)s2)CCCCC1C1CCCCC1. The molecule has 0 radical (unpaired) electrons. The van der Waals surface area contributed by atoms with Crippen molar-refractivity contribution < 1.29 is 0 Å². The van der Waals surface area contributed by atoms with Crippen LogP contribution in [-0.4, -0.2) is 0 Å². The fourth-order valence-electron chi connectivity index (χ4n) is 4.29. The number of rotatable bonds is 2. The van der Waals surface area contributed by atoms with Gasteiger partial charge >= 0.3 is 0 Å². The molecule has 2 saturated carbocycles. The monoisotopic (exact) mass is 297 g/mol. The number of nitrogens with two attached hydrogens (primary N) is 1. The lowest BCUT2D eigenvalue weighted by Gasteiger charge is -2.46. The molecule has 2 aliphatic carbocycles. The molecule has 0 spiro atoms. The normalized spacial score (nSPS) is 33.5. The maximum Gasteiger partial charge on any atom is 0.0931 e. The van der Waals surface area contributed by atoms with E-state index in [2.05, 4.69) is 6.07 Å². The zero-order valence-corrected chi connectivity index (χ0v) is 13.1. The highest BCUT2D eigenvalue weighted by Gasteiger charge is 2.43. The molecule has 1 heterocycles. The van der Waals surface area contributed by atoms with E-state index in [1.54, 1.807) is 11.3 Å². The molecule has 1 aromatic heterocycles. The lowest BCUT2D eigenvalue weighted by molar-refractivity contribution is 0.101. The molecule has 3 heteroatoms. The van der Waals surface area contributed by atoms with E-state index in [1.807, 2.05) is 6.07 Å². The van der Waals surface area contributed by atoms with Gasteiger partial charge in [0.25, 0.3) is 0 Å². The van der Waals surface area contributed by atoms with Crippen LogP contribution in [0.1, 0.15) is 62.7 Å². The van der Waals surface area contributed by atoms with Crippen LogP contribution < -0.4 is 5.73 Å². The van der Waals surface area contributed by atoms with Gasteiger partial charge in [0, 0.05) is 4.88 Å². The molecule has 0 saturated heterocycles. The van der Waals surface area contributed by atoms with Gasteiger partial charge in [-0.1, -0.05) is 56.5 Å². The summed E-state index contributed by atoms with van der Waals surface area (Å²) < 4.78 is 0.882. The van der Waals surface area contributed by atoms with Crippen LogP contribution in [0.25, 0.3) is 0 Å². The average molecular weight is 298 g/mol. The Hall–Kier alpha value is -0.0500. The largest absolute Gasteiger partial charge is 0.320 e. The Kier molecular flexibility index (Phi) is 4.21. The lowest BCUT2D eigenvalue weighted by Crippen LogP contribution is -2.49. The van der Waals surface area contributed by atoms with Crippen LogP contribution in [0, 0.1) is 11.8 Å². The summed E-state index contributed by atoms with van der Waals surface area (Å²) in [6.45, 7) is 0. The van der Waals surface area contributed by atoms with Gasteiger partial charge in [0.2, 0.25) is 0 Å². The zero-order chi connectivity index (χ0) is 13.3. The summed E-state index contributed by atoms with van der Waals surface area (Å²) in [7, 11) is 0.